The van der Waals surface area contributed by atoms with Crippen molar-refractivity contribution in [2.75, 3.05) is 6.61 Å². The minimum Gasteiger partial charge on any atom is -0.493 e. The highest BCUT2D eigenvalue weighted by Crippen LogP contribution is 2.23. The van der Waals surface area contributed by atoms with Gasteiger partial charge in [-0.1, -0.05) is 0 Å². The quantitative estimate of drug-likeness (QED) is 0.561. The van der Waals surface area contributed by atoms with Crippen LogP contribution in [0.1, 0.15) is 40.1 Å². The van der Waals surface area contributed by atoms with Crippen LogP contribution in [-0.2, 0) is 0 Å². The largest absolute Gasteiger partial charge is 0.493 e. The van der Waals surface area contributed by atoms with Crippen molar-refractivity contribution in [2.45, 2.75) is 20.8 Å². The van der Waals surface area contributed by atoms with Gasteiger partial charge in [0.25, 0.3) is 0 Å². The van der Waals surface area contributed by atoms with Gasteiger partial charge in [-0.3, -0.25) is 9.59 Å². The van der Waals surface area contributed by atoms with Crippen LogP contribution in [0, 0.1) is 6.92 Å². The van der Waals surface area contributed by atoms with Crippen molar-refractivity contribution in [3.63, 3.8) is 0 Å². The zero-order valence-electron chi connectivity index (χ0n) is 9.16. The molecule has 0 saturated carbocycles. The Hall–Kier alpha value is -1.64. The third kappa shape index (κ3) is 2.43. The van der Waals surface area contributed by atoms with Crippen molar-refractivity contribution < 1.29 is 14.3 Å². The summed E-state index contributed by atoms with van der Waals surface area (Å²) in [6.07, 6.45) is 0.748. The number of carbonyl (C=O) groups excluding carboxylic acids is 2. The summed E-state index contributed by atoms with van der Waals surface area (Å²) in [5.41, 5.74) is 1.81. The number of rotatable bonds is 4. The van der Waals surface area contributed by atoms with Crippen LogP contribution in [0.2, 0.25) is 0 Å². The van der Waals surface area contributed by atoms with Crippen molar-refractivity contribution in [3.8, 4) is 5.75 Å². The van der Waals surface area contributed by atoms with Gasteiger partial charge in [0.2, 0.25) is 0 Å². The first-order valence-corrected chi connectivity index (χ1v) is 4.83. The molecular weight excluding hydrogens is 192 g/mol. The average Bonchev–Trinajstić information content (AvgIpc) is 2.18. The number of ether oxygens (including phenoxy) is 1. The molecule has 0 aliphatic carbocycles. The van der Waals surface area contributed by atoms with Gasteiger partial charge in [-0.05, 0) is 38.5 Å². The van der Waals surface area contributed by atoms with Gasteiger partial charge in [0.05, 0.1) is 12.2 Å². The Kier molecular flexibility index (Phi) is 3.61. The number of aldehydes is 1. The summed E-state index contributed by atoms with van der Waals surface area (Å²) in [5.74, 6) is 0.453. The van der Waals surface area contributed by atoms with E-state index in [0.29, 0.717) is 23.5 Å². The second-order valence-electron chi connectivity index (χ2n) is 3.31. The van der Waals surface area contributed by atoms with Crippen molar-refractivity contribution >= 4 is 12.1 Å². The molecule has 0 unspecified atom stereocenters. The third-order valence-electron chi connectivity index (χ3n) is 2.17. The molecule has 1 aromatic rings. The van der Waals surface area contributed by atoms with Gasteiger partial charge >= 0.3 is 0 Å². The molecule has 0 aliphatic rings. The third-order valence-corrected chi connectivity index (χ3v) is 2.17. The molecule has 3 nitrogen and oxygen atoms in total. The van der Waals surface area contributed by atoms with E-state index in [0.717, 1.165) is 11.8 Å². The molecule has 0 saturated heterocycles. The summed E-state index contributed by atoms with van der Waals surface area (Å²) in [5, 5.41) is 0. The van der Waals surface area contributed by atoms with Crippen molar-refractivity contribution in [1.29, 1.82) is 0 Å². The number of hydrogen-bond donors (Lipinski definition) is 0. The Balaban J connectivity index is 3.31. The SMILES string of the molecule is CCOc1cc(C)c(C=O)cc1C(C)=O. The van der Waals surface area contributed by atoms with Crippen molar-refractivity contribution in [1.82, 2.24) is 0 Å². The fourth-order valence-corrected chi connectivity index (χ4v) is 1.38. The maximum atomic E-state index is 11.3. The molecular formula is C12H14O3. The van der Waals surface area contributed by atoms with E-state index in [4.69, 9.17) is 4.74 Å². The first-order valence-electron chi connectivity index (χ1n) is 4.83. The number of ketones is 1. The van der Waals surface area contributed by atoms with E-state index >= 15 is 0 Å². The van der Waals surface area contributed by atoms with Crippen LogP contribution in [0.3, 0.4) is 0 Å². The number of Topliss-reactive ketones (excluding diaryl/α,β-unsaturated/α-hetero) is 1. The van der Waals surface area contributed by atoms with E-state index in [-0.39, 0.29) is 5.78 Å². The Bertz CT molecular complexity index is 394. The van der Waals surface area contributed by atoms with Gasteiger partial charge < -0.3 is 4.74 Å². The van der Waals surface area contributed by atoms with Gasteiger partial charge in [-0.2, -0.15) is 0 Å². The molecule has 0 radical (unpaired) electrons. The van der Waals surface area contributed by atoms with Crippen LogP contribution in [0.5, 0.6) is 5.75 Å². The lowest BCUT2D eigenvalue weighted by molar-refractivity contribution is 0.101. The number of hydrogen-bond acceptors (Lipinski definition) is 3. The summed E-state index contributed by atoms with van der Waals surface area (Å²) < 4.78 is 5.34. The fourth-order valence-electron chi connectivity index (χ4n) is 1.38. The van der Waals surface area contributed by atoms with Gasteiger partial charge in [0.15, 0.2) is 5.78 Å². The molecule has 0 bridgehead atoms. The summed E-state index contributed by atoms with van der Waals surface area (Å²) >= 11 is 0. The highest BCUT2D eigenvalue weighted by molar-refractivity contribution is 5.98. The normalized spacial score (nSPS) is 9.80. The lowest BCUT2D eigenvalue weighted by Crippen LogP contribution is -2.03. The molecule has 1 aromatic carbocycles. The molecule has 80 valence electrons. The Labute approximate surface area is 89.1 Å². The minimum absolute atomic E-state index is 0.0958. The minimum atomic E-state index is -0.0958. The second-order valence-corrected chi connectivity index (χ2v) is 3.31. The molecule has 3 heteroatoms. The van der Waals surface area contributed by atoms with E-state index in [1.54, 1.807) is 12.1 Å². The van der Waals surface area contributed by atoms with Gasteiger partial charge in [0.1, 0.15) is 12.0 Å². The van der Waals surface area contributed by atoms with Crippen LogP contribution in [0.25, 0.3) is 0 Å². The van der Waals surface area contributed by atoms with Crippen molar-refractivity contribution in [3.05, 3.63) is 28.8 Å². The summed E-state index contributed by atoms with van der Waals surface area (Å²) in [4.78, 5) is 22.0. The van der Waals surface area contributed by atoms with Crippen LogP contribution >= 0.6 is 0 Å². The first kappa shape index (κ1) is 11.4. The monoisotopic (exact) mass is 206 g/mol. The van der Waals surface area contributed by atoms with E-state index in [1.807, 2.05) is 13.8 Å². The highest BCUT2D eigenvalue weighted by Gasteiger charge is 2.11. The van der Waals surface area contributed by atoms with E-state index in [2.05, 4.69) is 0 Å². The molecule has 0 atom stereocenters. The maximum absolute atomic E-state index is 11.3. The van der Waals surface area contributed by atoms with Gasteiger partial charge in [-0.15, -0.1) is 0 Å². The van der Waals surface area contributed by atoms with Gasteiger partial charge in [-0.25, -0.2) is 0 Å². The summed E-state index contributed by atoms with van der Waals surface area (Å²) in [6, 6.07) is 3.31. The highest BCUT2D eigenvalue weighted by atomic mass is 16.5. The Morgan fingerprint density at radius 2 is 2.13 bits per heavy atom. The average molecular weight is 206 g/mol. The molecule has 0 aliphatic heterocycles. The second kappa shape index (κ2) is 4.73. The fraction of sp³-hybridized carbons (Fsp3) is 0.333. The number of aryl methyl sites for hydroxylation is 1. The summed E-state index contributed by atoms with van der Waals surface area (Å²) in [6.45, 7) is 5.63. The zero-order valence-corrected chi connectivity index (χ0v) is 9.16. The molecule has 15 heavy (non-hydrogen) atoms. The Morgan fingerprint density at radius 1 is 1.47 bits per heavy atom. The standard InChI is InChI=1S/C12H14O3/c1-4-15-12-5-8(2)10(7-13)6-11(12)9(3)14/h5-7H,4H2,1-3H3. The van der Waals surface area contributed by atoms with Crippen LogP contribution in [-0.4, -0.2) is 18.7 Å². The predicted octanol–water partition coefficient (Wildman–Crippen LogP) is 2.41. The van der Waals surface area contributed by atoms with E-state index < -0.39 is 0 Å². The Morgan fingerprint density at radius 3 is 2.60 bits per heavy atom. The topological polar surface area (TPSA) is 43.4 Å². The predicted molar refractivity (Wildman–Crippen MR) is 57.7 cm³/mol. The smallest absolute Gasteiger partial charge is 0.163 e. The molecule has 1 rings (SSSR count). The molecule has 0 aromatic heterocycles. The van der Waals surface area contributed by atoms with Crippen LogP contribution in [0.15, 0.2) is 12.1 Å². The van der Waals surface area contributed by atoms with Crippen LogP contribution in [0.4, 0.5) is 0 Å². The molecule has 0 heterocycles. The zero-order chi connectivity index (χ0) is 11.4. The summed E-state index contributed by atoms with van der Waals surface area (Å²) in [7, 11) is 0. The van der Waals surface area contributed by atoms with Gasteiger partial charge in [0, 0.05) is 5.56 Å². The molecule has 0 fully saturated rings. The molecule has 0 spiro atoms. The lowest BCUT2D eigenvalue weighted by atomic mass is 10.0. The maximum Gasteiger partial charge on any atom is 0.163 e. The first-order chi connectivity index (χ1) is 7.10. The number of benzene rings is 1. The molecule has 0 N–H and O–H groups in total. The van der Waals surface area contributed by atoms with Crippen molar-refractivity contribution in [2.24, 2.45) is 0 Å². The van der Waals surface area contributed by atoms with E-state index in [9.17, 15) is 9.59 Å². The number of carbonyl (C=O) groups is 2. The molecule has 0 amide bonds. The lowest BCUT2D eigenvalue weighted by Gasteiger charge is -2.10. The van der Waals surface area contributed by atoms with E-state index in [1.165, 1.54) is 6.92 Å². The van der Waals surface area contributed by atoms with Crippen LogP contribution < -0.4 is 4.74 Å².